The van der Waals surface area contributed by atoms with E-state index in [1.165, 1.54) is 19.5 Å². The quantitative estimate of drug-likeness (QED) is 0.516. The Morgan fingerprint density at radius 3 is 2.82 bits per heavy atom. The van der Waals surface area contributed by atoms with Crippen molar-refractivity contribution in [1.82, 2.24) is 4.90 Å². The molecule has 11 heavy (non-hydrogen) atoms. The molecule has 0 N–H and O–H groups in total. The summed E-state index contributed by atoms with van der Waals surface area (Å²) in [6.07, 6.45) is 2.34. The summed E-state index contributed by atoms with van der Waals surface area (Å²) in [7, 11) is 0. The maximum absolute atomic E-state index is 3.17. The lowest BCUT2D eigenvalue weighted by Crippen LogP contribution is -2.20. The smallest absolute Gasteiger partial charge is 0.0601 e. The van der Waals surface area contributed by atoms with Crippen LogP contribution in [0.15, 0.2) is 0 Å². The Bertz CT molecular complexity index is 163. The molecule has 0 aliphatic carbocycles. The predicted molar refractivity (Wildman–Crippen MR) is 48.3 cm³/mol. The van der Waals surface area contributed by atoms with Crippen molar-refractivity contribution in [2.45, 2.75) is 26.7 Å². The number of rotatable bonds is 1. The minimum Gasteiger partial charge on any atom is -0.292 e. The number of hydrogen-bond acceptors (Lipinski definition) is 1. The average Bonchev–Trinajstić information content (AvgIpc) is 2.37. The SMILES string of the molecule is CCC#CCN1CC[C@H](C)C1. The van der Waals surface area contributed by atoms with Gasteiger partial charge >= 0.3 is 0 Å². The van der Waals surface area contributed by atoms with E-state index < -0.39 is 0 Å². The Balaban J connectivity index is 2.18. The summed E-state index contributed by atoms with van der Waals surface area (Å²) in [5, 5.41) is 0. The molecule has 0 spiro atoms. The fraction of sp³-hybridized carbons (Fsp3) is 0.800. The molecule has 1 heteroatoms. The summed E-state index contributed by atoms with van der Waals surface area (Å²) in [4.78, 5) is 2.44. The van der Waals surface area contributed by atoms with Crippen molar-refractivity contribution in [3.05, 3.63) is 0 Å². The van der Waals surface area contributed by atoms with E-state index in [1.807, 2.05) is 0 Å². The Morgan fingerprint density at radius 2 is 2.27 bits per heavy atom. The van der Waals surface area contributed by atoms with Crippen molar-refractivity contribution in [1.29, 1.82) is 0 Å². The molecule has 1 aliphatic heterocycles. The molecule has 1 heterocycles. The van der Waals surface area contributed by atoms with Gasteiger partial charge in [0.15, 0.2) is 0 Å². The van der Waals surface area contributed by atoms with Crippen molar-refractivity contribution < 1.29 is 0 Å². The van der Waals surface area contributed by atoms with Gasteiger partial charge < -0.3 is 0 Å². The number of hydrogen-bond donors (Lipinski definition) is 0. The van der Waals surface area contributed by atoms with E-state index >= 15 is 0 Å². The summed E-state index contributed by atoms with van der Waals surface area (Å²) >= 11 is 0. The van der Waals surface area contributed by atoms with E-state index in [2.05, 4.69) is 30.6 Å². The van der Waals surface area contributed by atoms with Gasteiger partial charge in [0, 0.05) is 13.0 Å². The first-order valence-corrected chi connectivity index (χ1v) is 4.51. The lowest BCUT2D eigenvalue weighted by Gasteiger charge is -2.09. The second-order valence-corrected chi connectivity index (χ2v) is 3.34. The van der Waals surface area contributed by atoms with Crippen molar-refractivity contribution in [3.8, 4) is 11.8 Å². The Kier molecular flexibility index (Phi) is 3.45. The second kappa shape index (κ2) is 4.41. The third-order valence-electron chi connectivity index (χ3n) is 2.11. The van der Waals surface area contributed by atoms with Gasteiger partial charge in [-0.05, 0) is 18.9 Å². The zero-order valence-electron chi connectivity index (χ0n) is 7.56. The highest BCUT2D eigenvalue weighted by molar-refractivity contribution is 5.00. The molecule has 0 aromatic rings. The molecule has 0 radical (unpaired) electrons. The van der Waals surface area contributed by atoms with Crippen LogP contribution in [-0.2, 0) is 0 Å². The fourth-order valence-electron chi connectivity index (χ4n) is 1.46. The van der Waals surface area contributed by atoms with Crippen molar-refractivity contribution in [2.24, 2.45) is 5.92 Å². The highest BCUT2D eigenvalue weighted by atomic mass is 15.1. The summed E-state index contributed by atoms with van der Waals surface area (Å²) in [5.41, 5.74) is 0. The van der Waals surface area contributed by atoms with Crippen LogP contribution in [0.5, 0.6) is 0 Å². The molecule has 0 unspecified atom stereocenters. The van der Waals surface area contributed by atoms with Crippen molar-refractivity contribution in [3.63, 3.8) is 0 Å². The summed E-state index contributed by atoms with van der Waals surface area (Å²) in [6.45, 7) is 7.89. The van der Waals surface area contributed by atoms with Gasteiger partial charge in [-0.25, -0.2) is 0 Å². The molecule has 1 rings (SSSR count). The van der Waals surface area contributed by atoms with Crippen LogP contribution in [0.3, 0.4) is 0 Å². The third-order valence-corrected chi connectivity index (χ3v) is 2.11. The van der Waals surface area contributed by atoms with Crippen molar-refractivity contribution >= 4 is 0 Å². The van der Waals surface area contributed by atoms with Gasteiger partial charge in [0.25, 0.3) is 0 Å². The molecule has 0 saturated carbocycles. The maximum Gasteiger partial charge on any atom is 0.0601 e. The van der Waals surface area contributed by atoms with Gasteiger partial charge in [0.2, 0.25) is 0 Å². The predicted octanol–water partition coefficient (Wildman–Crippen LogP) is 1.74. The van der Waals surface area contributed by atoms with Crippen LogP contribution in [0, 0.1) is 17.8 Å². The van der Waals surface area contributed by atoms with Crippen LogP contribution in [0.2, 0.25) is 0 Å². The molecule has 62 valence electrons. The lowest BCUT2D eigenvalue weighted by molar-refractivity contribution is 0.369. The molecule has 1 aliphatic rings. The van der Waals surface area contributed by atoms with E-state index in [-0.39, 0.29) is 0 Å². The van der Waals surface area contributed by atoms with E-state index in [9.17, 15) is 0 Å². The first kappa shape index (κ1) is 8.62. The van der Waals surface area contributed by atoms with Gasteiger partial charge in [-0.2, -0.15) is 0 Å². The van der Waals surface area contributed by atoms with E-state index in [4.69, 9.17) is 0 Å². The average molecular weight is 151 g/mol. The second-order valence-electron chi connectivity index (χ2n) is 3.34. The molecular weight excluding hydrogens is 134 g/mol. The Morgan fingerprint density at radius 1 is 1.45 bits per heavy atom. The molecular formula is C10H17N. The first-order valence-electron chi connectivity index (χ1n) is 4.51. The van der Waals surface area contributed by atoms with Gasteiger partial charge in [-0.1, -0.05) is 19.8 Å². The number of nitrogens with zero attached hydrogens (tertiary/aromatic N) is 1. The van der Waals surface area contributed by atoms with Gasteiger partial charge in [-0.15, -0.1) is 5.92 Å². The molecule has 1 atom stereocenters. The summed E-state index contributed by atoms with van der Waals surface area (Å²) in [5.74, 6) is 7.16. The fourth-order valence-corrected chi connectivity index (χ4v) is 1.46. The molecule has 1 nitrogen and oxygen atoms in total. The van der Waals surface area contributed by atoms with Gasteiger partial charge in [0.1, 0.15) is 0 Å². The molecule has 0 amide bonds. The zero-order chi connectivity index (χ0) is 8.10. The van der Waals surface area contributed by atoms with Crippen LogP contribution in [0.1, 0.15) is 26.7 Å². The van der Waals surface area contributed by atoms with Crippen LogP contribution in [0.4, 0.5) is 0 Å². The van der Waals surface area contributed by atoms with Crippen molar-refractivity contribution in [2.75, 3.05) is 19.6 Å². The van der Waals surface area contributed by atoms with E-state index in [1.54, 1.807) is 0 Å². The van der Waals surface area contributed by atoms with Crippen LogP contribution in [0.25, 0.3) is 0 Å². The molecule has 0 aromatic heterocycles. The monoisotopic (exact) mass is 151 g/mol. The van der Waals surface area contributed by atoms with Gasteiger partial charge in [-0.3, -0.25) is 4.90 Å². The minimum atomic E-state index is 0.887. The zero-order valence-corrected chi connectivity index (χ0v) is 7.56. The highest BCUT2D eigenvalue weighted by Crippen LogP contribution is 2.13. The largest absolute Gasteiger partial charge is 0.292 e. The van der Waals surface area contributed by atoms with E-state index in [0.717, 1.165) is 18.9 Å². The molecule has 1 saturated heterocycles. The Labute approximate surface area is 69.8 Å². The highest BCUT2D eigenvalue weighted by Gasteiger charge is 2.16. The van der Waals surface area contributed by atoms with Crippen LogP contribution >= 0.6 is 0 Å². The lowest BCUT2D eigenvalue weighted by atomic mass is 10.2. The minimum absolute atomic E-state index is 0.887. The molecule has 0 aromatic carbocycles. The van der Waals surface area contributed by atoms with E-state index in [0.29, 0.717) is 0 Å². The third kappa shape index (κ3) is 2.95. The van der Waals surface area contributed by atoms with Crippen LogP contribution in [-0.4, -0.2) is 24.5 Å². The normalized spacial score (nSPS) is 24.7. The topological polar surface area (TPSA) is 3.24 Å². The molecule has 1 fully saturated rings. The first-order chi connectivity index (χ1) is 5.33. The standard InChI is InChI=1S/C10H17N/c1-3-4-5-7-11-8-6-10(2)9-11/h10H,3,6-9H2,1-2H3/t10-/m0/s1. The molecule has 0 bridgehead atoms. The Hall–Kier alpha value is -0.480. The van der Waals surface area contributed by atoms with Crippen LogP contribution < -0.4 is 0 Å². The maximum atomic E-state index is 3.17. The summed E-state index contributed by atoms with van der Waals surface area (Å²) in [6, 6.07) is 0. The van der Waals surface area contributed by atoms with Gasteiger partial charge in [0.05, 0.1) is 6.54 Å². The number of likely N-dealkylation sites (tertiary alicyclic amines) is 1. The summed E-state index contributed by atoms with van der Waals surface area (Å²) < 4.78 is 0.